The Kier molecular flexibility index (Phi) is 49.6. The number of nitrogens with zero attached hydrogens (tertiary/aromatic N) is 2. The van der Waals surface area contributed by atoms with Crippen LogP contribution in [0.1, 0.15) is 207 Å². The third kappa shape index (κ3) is 46.8. The number of rotatable bonds is 60. The first-order chi connectivity index (χ1) is 38.5. The van der Waals surface area contributed by atoms with Crippen molar-refractivity contribution in [2.75, 3.05) is 92.1 Å². The van der Waals surface area contributed by atoms with Crippen LogP contribution in [0.3, 0.4) is 0 Å². The topological polar surface area (TPSA) is 324 Å². The van der Waals surface area contributed by atoms with Crippen molar-refractivity contribution >= 4 is 49.5 Å². The van der Waals surface area contributed by atoms with Gasteiger partial charge < -0.3 is 49.6 Å². The molecule has 0 saturated heterocycles. The number of phosphoric acid groups is 1. The third-order valence-corrected chi connectivity index (χ3v) is 14.4. The Labute approximate surface area is 477 Å². The molecule has 0 spiro atoms. The van der Waals surface area contributed by atoms with E-state index in [1.807, 2.05) is 0 Å². The molecule has 23 nitrogen and oxygen atoms in total. The number of carbonyl (C=O) groups excluding carboxylic acids is 3. The molecule has 0 aromatic rings. The highest BCUT2D eigenvalue weighted by molar-refractivity contribution is 7.47. The van der Waals surface area contributed by atoms with Gasteiger partial charge in [-0.1, -0.05) is 175 Å². The normalized spacial score (nSPS) is 13.1. The van der Waals surface area contributed by atoms with Gasteiger partial charge in [-0.15, -0.1) is 0 Å². The number of carboxylic acids is 4. The molecule has 0 aromatic heterocycles. The number of likely N-dealkylation sites (N-methyl/N-ethyl adjacent to an activating group) is 1. The van der Waals surface area contributed by atoms with Gasteiger partial charge in [0.1, 0.15) is 12.6 Å². The van der Waals surface area contributed by atoms with Crippen molar-refractivity contribution < 1.29 is 91.4 Å². The van der Waals surface area contributed by atoms with Gasteiger partial charge in [0.25, 0.3) is 0 Å². The number of hydrogen-bond acceptors (Lipinski definition) is 17. The van der Waals surface area contributed by atoms with E-state index in [2.05, 4.69) is 24.5 Å². The Morgan fingerprint density at radius 1 is 0.512 bits per heavy atom. The maximum absolute atomic E-state index is 12.8. The van der Waals surface area contributed by atoms with E-state index in [4.69, 9.17) is 38.2 Å². The number of nitrogens with one attached hydrogen (secondary N) is 2. The zero-order valence-electron chi connectivity index (χ0n) is 48.9. The maximum Gasteiger partial charge on any atom is 0.472 e. The predicted octanol–water partition coefficient (Wildman–Crippen LogP) is 8.37. The van der Waals surface area contributed by atoms with E-state index >= 15 is 0 Å². The third-order valence-electron chi connectivity index (χ3n) is 13.4. The van der Waals surface area contributed by atoms with Crippen LogP contribution >= 0.6 is 7.82 Å². The number of carbonyl (C=O) groups is 7. The summed E-state index contributed by atoms with van der Waals surface area (Å²) in [6.07, 6.45) is 29.5. The molecule has 0 fully saturated rings. The molecular weight excluding hydrogens is 1060 g/mol. The van der Waals surface area contributed by atoms with Crippen LogP contribution in [0.5, 0.6) is 0 Å². The van der Waals surface area contributed by atoms with E-state index in [1.165, 1.54) is 125 Å². The molecule has 0 aliphatic heterocycles. The Bertz CT molecular complexity index is 1670. The predicted molar refractivity (Wildman–Crippen MR) is 302 cm³/mol. The highest BCUT2D eigenvalue weighted by Crippen LogP contribution is 2.43. The summed E-state index contributed by atoms with van der Waals surface area (Å²) in [7, 11) is -4.64. The molecular formula is C56H105N4O19P. The highest BCUT2D eigenvalue weighted by atomic mass is 31.2. The van der Waals surface area contributed by atoms with Crippen LogP contribution in [0.15, 0.2) is 0 Å². The standard InChI is InChI=1S/C56H105N4O19P/c1-4-7-9-11-13-15-17-19-21-23-25-27-29-31-51(64)76-45-47(79-52(65)32-30-28-26-24-22-20-18-16-14-12-10-8-5-2)46-78-80(72,73)77-42-41-75-40-39-74-38-35-57-49(61)43-60(6-3)48(54(66)67)33-36-59(44-50(62)63)37-34-58-53(55(68)69)56(70)71/h47-48,53,58H,4-46H2,1-3H3,(H,57,61)(H,62,63)(H,66,67)(H,68,69)(H,70,71)(H,72,73)/t47-,48?/m1/s1. The SMILES string of the molecule is CCCCCCCCCCCCCCCC(=O)OC[C@H](COP(=O)(O)OCCOCCOCCNC(=O)CN(CC)C(CCN(CCNC(C(=O)O)C(=O)O)CC(=O)O)C(=O)O)OC(=O)CCCCCCCCCCCCCCC. The Morgan fingerprint density at radius 2 is 0.975 bits per heavy atom. The molecule has 0 rings (SSSR count). The lowest BCUT2D eigenvalue weighted by atomic mass is 10.0. The lowest BCUT2D eigenvalue weighted by Gasteiger charge is -2.29. The van der Waals surface area contributed by atoms with Crippen LogP contribution in [0.4, 0.5) is 0 Å². The number of hydrogen-bond donors (Lipinski definition) is 7. The zero-order chi connectivity index (χ0) is 59.5. The summed E-state index contributed by atoms with van der Waals surface area (Å²) < 4.78 is 44.8. The number of amides is 1. The number of esters is 2. The Hall–Kier alpha value is -3.80. The molecule has 0 bridgehead atoms. The second kappa shape index (κ2) is 52.0. The van der Waals surface area contributed by atoms with Crippen LogP contribution in [0.2, 0.25) is 0 Å². The monoisotopic (exact) mass is 1170 g/mol. The van der Waals surface area contributed by atoms with Gasteiger partial charge in [0, 0.05) is 39.0 Å². The molecule has 0 aromatic carbocycles. The molecule has 2 unspecified atom stereocenters. The fraction of sp³-hybridized carbons (Fsp3) is 0.875. The largest absolute Gasteiger partial charge is 0.480 e. The number of ether oxygens (including phenoxy) is 4. The van der Waals surface area contributed by atoms with E-state index in [0.717, 1.165) is 38.5 Å². The first kappa shape index (κ1) is 76.2. The summed E-state index contributed by atoms with van der Waals surface area (Å²) in [4.78, 5) is 97.2. The van der Waals surface area contributed by atoms with Crippen LogP contribution in [0, 0.1) is 0 Å². The molecule has 3 atom stereocenters. The van der Waals surface area contributed by atoms with Gasteiger partial charge in [-0.2, -0.15) is 0 Å². The lowest BCUT2D eigenvalue weighted by molar-refractivity contribution is -0.161. The highest BCUT2D eigenvalue weighted by Gasteiger charge is 2.29. The summed E-state index contributed by atoms with van der Waals surface area (Å²) >= 11 is 0. The minimum Gasteiger partial charge on any atom is -0.480 e. The molecule has 0 aliphatic carbocycles. The van der Waals surface area contributed by atoms with E-state index in [-0.39, 0.29) is 98.2 Å². The Morgan fingerprint density at radius 3 is 1.44 bits per heavy atom. The Balaban J connectivity index is 4.78. The fourth-order valence-electron chi connectivity index (χ4n) is 8.76. The van der Waals surface area contributed by atoms with E-state index < -0.39 is 80.9 Å². The summed E-state index contributed by atoms with van der Waals surface area (Å²) in [6.45, 7) is 4.05. The van der Waals surface area contributed by atoms with E-state index in [0.29, 0.717) is 12.8 Å². The first-order valence-electron chi connectivity index (χ1n) is 29.9. The van der Waals surface area contributed by atoms with Gasteiger partial charge in [-0.05, 0) is 25.8 Å². The van der Waals surface area contributed by atoms with Gasteiger partial charge in [0.05, 0.1) is 52.7 Å². The molecule has 7 N–H and O–H groups in total. The van der Waals surface area contributed by atoms with Gasteiger partial charge in [-0.3, -0.25) is 48.1 Å². The maximum atomic E-state index is 12.8. The minimum absolute atomic E-state index is 0.0639. The minimum atomic E-state index is -4.64. The number of aliphatic carboxylic acids is 4. The molecule has 468 valence electrons. The average molecular weight is 1170 g/mol. The molecule has 0 saturated carbocycles. The summed E-state index contributed by atoms with van der Waals surface area (Å²) in [5.41, 5.74) is 0. The van der Waals surface area contributed by atoms with Gasteiger partial charge in [0.2, 0.25) is 11.9 Å². The van der Waals surface area contributed by atoms with Gasteiger partial charge >= 0.3 is 43.6 Å². The number of carboxylic acid groups (broad SMARTS) is 4. The van der Waals surface area contributed by atoms with Crippen LogP contribution < -0.4 is 10.6 Å². The van der Waals surface area contributed by atoms with Crippen LogP contribution in [-0.4, -0.2) is 187 Å². The van der Waals surface area contributed by atoms with E-state index in [9.17, 15) is 53.2 Å². The second-order valence-corrected chi connectivity index (χ2v) is 21.8. The average Bonchev–Trinajstić information content (AvgIpc) is 3.40. The molecule has 24 heteroatoms. The second-order valence-electron chi connectivity index (χ2n) is 20.4. The molecule has 0 aliphatic rings. The quantitative estimate of drug-likeness (QED) is 0.0130. The summed E-state index contributed by atoms with van der Waals surface area (Å²) in [5, 5.41) is 42.3. The van der Waals surface area contributed by atoms with Crippen LogP contribution in [0.25, 0.3) is 0 Å². The van der Waals surface area contributed by atoms with Crippen molar-refractivity contribution in [3.8, 4) is 0 Å². The number of phosphoric ester groups is 1. The van der Waals surface area contributed by atoms with Crippen molar-refractivity contribution in [2.45, 2.75) is 225 Å². The van der Waals surface area contributed by atoms with Gasteiger partial charge in [-0.25, -0.2) is 14.2 Å². The zero-order valence-corrected chi connectivity index (χ0v) is 49.8. The van der Waals surface area contributed by atoms with Gasteiger partial charge in [0.15, 0.2) is 6.10 Å². The number of unbranched alkanes of at least 4 members (excludes halogenated alkanes) is 24. The fourth-order valence-corrected chi connectivity index (χ4v) is 9.50. The summed E-state index contributed by atoms with van der Waals surface area (Å²) in [5.74, 6) is -7.20. The van der Waals surface area contributed by atoms with Crippen molar-refractivity contribution in [1.82, 2.24) is 20.4 Å². The molecule has 0 heterocycles. The van der Waals surface area contributed by atoms with E-state index in [1.54, 1.807) is 6.92 Å². The molecule has 0 radical (unpaired) electrons. The first-order valence-corrected chi connectivity index (χ1v) is 31.4. The smallest absolute Gasteiger partial charge is 0.472 e. The summed E-state index contributed by atoms with van der Waals surface area (Å²) in [6, 6.07) is -3.09. The van der Waals surface area contributed by atoms with Crippen LogP contribution in [-0.2, 0) is 66.1 Å². The van der Waals surface area contributed by atoms with Crippen molar-refractivity contribution in [3.63, 3.8) is 0 Å². The van der Waals surface area contributed by atoms with Crippen molar-refractivity contribution in [1.29, 1.82) is 0 Å². The van der Waals surface area contributed by atoms with Crippen molar-refractivity contribution in [2.24, 2.45) is 0 Å². The van der Waals surface area contributed by atoms with Crippen molar-refractivity contribution in [3.05, 3.63) is 0 Å². The molecule has 80 heavy (non-hydrogen) atoms. The molecule has 1 amide bonds. The lowest BCUT2D eigenvalue weighted by Crippen LogP contribution is -2.49.